The van der Waals surface area contributed by atoms with Crippen molar-refractivity contribution in [1.82, 2.24) is 15.5 Å². The first-order chi connectivity index (χ1) is 10.6. The monoisotopic (exact) mass is 324 g/mol. The largest absolute Gasteiger partial charge is 0.377 e. The second kappa shape index (κ2) is 6.30. The molecule has 1 saturated heterocycles. The molecule has 6 heteroatoms. The van der Waals surface area contributed by atoms with Crippen LogP contribution in [0.5, 0.6) is 0 Å². The molecule has 0 spiro atoms. The van der Waals surface area contributed by atoms with Crippen molar-refractivity contribution in [3.05, 3.63) is 0 Å². The molecule has 1 aliphatic heterocycles. The van der Waals surface area contributed by atoms with Crippen molar-refractivity contribution in [3.63, 3.8) is 0 Å². The molecule has 3 unspecified atom stereocenters. The van der Waals surface area contributed by atoms with Gasteiger partial charge in [0.1, 0.15) is 0 Å². The lowest BCUT2D eigenvalue weighted by Gasteiger charge is -2.55. The van der Waals surface area contributed by atoms with Crippen LogP contribution < -0.4 is 10.6 Å². The number of nitrogens with zero attached hydrogens (tertiary/aromatic N) is 2. The van der Waals surface area contributed by atoms with E-state index in [1.807, 2.05) is 32.7 Å². The average Bonchev–Trinajstić information content (AvgIpc) is 2.83. The van der Waals surface area contributed by atoms with Crippen molar-refractivity contribution in [2.24, 2.45) is 16.3 Å². The maximum Gasteiger partial charge on any atom is 0.240 e. The van der Waals surface area contributed by atoms with Crippen LogP contribution in [0.15, 0.2) is 4.99 Å². The van der Waals surface area contributed by atoms with E-state index in [-0.39, 0.29) is 23.4 Å². The van der Waals surface area contributed by atoms with E-state index in [2.05, 4.69) is 29.5 Å². The Morgan fingerprint density at radius 1 is 1.39 bits per heavy atom. The van der Waals surface area contributed by atoms with Gasteiger partial charge in [0.25, 0.3) is 0 Å². The summed E-state index contributed by atoms with van der Waals surface area (Å²) in [6.45, 7) is 11.5. The van der Waals surface area contributed by atoms with Crippen LogP contribution in [-0.2, 0) is 9.53 Å². The minimum Gasteiger partial charge on any atom is -0.377 e. The Kier molecular flexibility index (Phi) is 4.95. The second-order valence-electron chi connectivity index (χ2n) is 8.39. The zero-order chi connectivity index (χ0) is 17.4. The molecule has 1 amide bonds. The Labute approximate surface area is 140 Å². The first kappa shape index (κ1) is 18.0. The van der Waals surface area contributed by atoms with E-state index in [9.17, 15) is 4.79 Å². The Bertz CT molecular complexity index is 481. The van der Waals surface area contributed by atoms with Crippen molar-refractivity contribution >= 4 is 11.9 Å². The Morgan fingerprint density at radius 2 is 2.04 bits per heavy atom. The third kappa shape index (κ3) is 3.79. The summed E-state index contributed by atoms with van der Waals surface area (Å²) in [5.41, 5.74) is -0.134. The van der Waals surface area contributed by atoms with Crippen molar-refractivity contribution < 1.29 is 9.53 Å². The van der Waals surface area contributed by atoms with Crippen molar-refractivity contribution in [2.45, 2.75) is 58.7 Å². The topological polar surface area (TPSA) is 66.0 Å². The molecule has 2 rings (SSSR count). The summed E-state index contributed by atoms with van der Waals surface area (Å²) < 4.78 is 5.83. The number of rotatable bonds is 3. The highest BCUT2D eigenvalue weighted by atomic mass is 16.5. The molecule has 0 aromatic rings. The number of fused-ring (bicyclic) bond motifs is 1. The molecule has 1 saturated carbocycles. The molecule has 0 bridgehead atoms. The van der Waals surface area contributed by atoms with Crippen molar-refractivity contribution in [2.75, 3.05) is 27.2 Å². The summed E-state index contributed by atoms with van der Waals surface area (Å²) in [7, 11) is 3.65. The van der Waals surface area contributed by atoms with Gasteiger partial charge in [0.2, 0.25) is 5.91 Å². The Hall–Kier alpha value is -1.30. The number of likely N-dealkylation sites (N-methyl/N-ethyl adjacent to an activating group) is 1. The molecule has 6 nitrogen and oxygen atoms in total. The van der Waals surface area contributed by atoms with Gasteiger partial charge >= 0.3 is 0 Å². The van der Waals surface area contributed by atoms with Gasteiger partial charge in [0.05, 0.1) is 12.6 Å². The summed E-state index contributed by atoms with van der Waals surface area (Å²) in [5.74, 6) is 1.30. The van der Waals surface area contributed by atoms with Crippen LogP contribution >= 0.6 is 0 Å². The summed E-state index contributed by atoms with van der Waals surface area (Å²) >= 11 is 0. The minimum atomic E-state index is -0.223. The average molecular weight is 324 g/mol. The van der Waals surface area contributed by atoms with Crippen LogP contribution in [0.4, 0.5) is 0 Å². The highest BCUT2D eigenvalue weighted by Crippen LogP contribution is 2.52. The first-order valence-electron chi connectivity index (χ1n) is 8.43. The molecular weight excluding hydrogens is 292 g/mol. The van der Waals surface area contributed by atoms with E-state index < -0.39 is 0 Å². The molecule has 2 N–H and O–H groups in total. The standard InChI is InChI=1S/C17H32N4O2/c1-16(2,3)20-12(22)10-21(7)15(18-6)19-13-11-8-9-23-14(11)17(13,4)5/h11,13-14H,8-10H2,1-7H3,(H,18,19)(H,20,22). The number of ether oxygens (including phenoxy) is 1. The number of nitrogens with one attached hydrogen (secondary N) is 2. The molecule has 0 aromatic heterocycles. The number of hydrogen-bond donors (Lipinski definition) is 2. The van der Waals surface area contributed by atoms with Gasteiger partial charge in [-0.2, -0.15) is 0 Å². The minimum absolute atomic E-state index is 0.00195. The van der Waals surface area contributed by atoms with E-state index in [0.29, 0.717) is 18.1 Å². The molecule has 1 aliphatic carbocycles. The van der Waals surface area contributed by atoms with Crippen LogP contribution in [0, 0.1) is 11.3 Å². The highest BCUT2D eigenvalue weighted by molar-refractivity contribution is 5.86. The lowest BCUT2D eigenvalue weighted by molar-refractivity contribution is -0.122. The Morgan fingerprint density at radius 3 is 2.61 bits per heavy atom. The summed E-state index contributed by atoms with van der Waals surface area (Å²) in [4.78, 5) is 18.3. The normalized spacial score (nSPS) is 29.5. The molecule has 0 aromatic carbocycles. The molecule has 23 heavy (non-hydrogen) atoms. The Balaban J connectivity index is 1.94. The van der Waals surface area contributed by atoms with Gasteiger partial charge in [-0.15, -0.1) is 0 Å². The van der Waals surface area contributed by atoms with E-state index in [0.717, 1.165) is 19.0 Å². The smallest absolute Gasteiger partial charge is 0.240 e. The molecule has 1 heterocycles. The van der Waals surface area contributed by atoms with Crippen molar-refractivity contribution in [1.29, 1.82) is 0 Å². The third-order valence-electron chi connectivity index (χ3n) is 4.85. The first-order valence-corrected chi connectivity index (χ1v) is 8.43. The SMILES string of the molecule is CN=C(NC1C2CCOC2C1(C)C)N(C)CC(=O)NC(C)(C)C. The van der Waals surface area contributed by atoms with Crippen LogP contribution in [0.25, 0.3) is 0 Å². The second-order valence-corrected chi connectivity index (χ2v) is 8.39. The molecular formula is C17H32N4O2. The predicted molar refractivity (Wildman–Crippen MR) is 92.4 cm³/mol. The van der Waals surface area contributed by atoms with Crippen molar-refractivity contribution in [3.8, 4) is 0 Å². The van der Waals surface area contributed by atoms with Gasteiger partial charge < -0.3 is 20.3 Å². The number of hydrogen-bond acceptors (Lipinski definition) is 3. The maximum absolute atomic E-state index is 12.1. The molecule has 0 radical (unpaired) electrons. The maximum atomic E-state index is 12.1. The van der Waals surface area contributed by atoms with E-state index in [1.165, 1.54) is 0 Å². The van der Waals surface area contributed by atoms with Gasteiger partial charge in [-0.05, 0) is 27.2 Å². The van der Waals surface area contributed by atoms with Crippen LogP contribution in [0.2, 0.25) is 0 Å². The van der Waals surface area contributed by atoms with Gasteiger partial charge in [-0.1, -0.05) is 13.8 Å². The highest BCUT2D eigenvalue weighted by Gasteiger charge is 2.59. The van der Waals surface area contributed by atoms with E-state index in [4.69, 9.17) is 4.74 Å². The molecule has 2 fully saturated rings. The quantitative estimate of drug-likeness (QED) is 0.605. The fourth-order valence-corrected chi connectivity index (χ4v) is 3.85. The summed E-state index contributed by atoms with van der Waals surface area (Å²) in [5, 5.41) is 6.53. The van der Waals surface area contributed by atoms with Crippen LogP contribution in [0.1, 0.15) is 41.0 Å². The zero-order valence-electron chi connectivity index (χ0n) is 15.6. The number of aliphatic imine (C=N–C) groups is 1. The lowest BCUT2D eigenvalue weighted by Crippen LogP contribution is -2.68. The van der Waals surface area contributed by atoms with Gasteiger partial charge in [0, 0.05) is 43.6 Å². The third-order valence-corrected chi connectivity index (χ3v) is 4.85. The number of carbonyl (C=O) groups excluding carboxylic acids is 1. The molecule has 3 atom stereocenters. The molecule has 132 valence electrons. The van der Waals surface area contributed by atoms with Gasteiger partial charge in [-0.25, -0.2) is 0 Å². The van der Waals surface area contributed by atoms with Gasteiger partial charge in [0.15, 0.2) is 5.96 Å². The fourth-order valence-electron chi connectivity index (χ4n) is 3.85. The fraction of sp³-hybridized carbons (Fsp3) is 0.882. The number of amides is 1. The van der Waals surface area contributed by atoms with E-state index >= 15 is 0 Å². The molecule has 2 aliphatic rings. The van der Waals surface area contributed by atoms with Gasteiger partial charge in [-0.3, -0.25) is 9.79 Å². The van der Waals surface area contributed by atoms with E-state index in [1.54, 1.807) is 7.05 Å². The number of guanidine groups is 1. The van der Waals surface area contributed by atoms with Crippen LogP contribution in [0.3, 0.4) is 0 Å². The zero-order valence-corrected chi connectivity index (χ0v) is 15.6. The van der Waals surface area contributed by atoms with Crippen LogP contribution in [-0.4, -0.2) is 61.7 Å². The summed E-state index contributed by atoms with van der Waals surface area (Å²) in [6.07, 6.45) is 1.43. The lowest BCUT2D eigenvalue weighted by atomic mass is 9.57. The summed E-state index contributed by atoms with van der Waals surface area (Å²) in [6, 6.07) is 0.335. The predicted octanol–water partition coefficient (Wildman–Crippen LogP) is 1.22. The number of carbonyl (C=O) groups is 1.